The second-order valence-corrected chi connectivity index (χ2v) is 9.96. The van der Waals surface area contributed by atoms with Gasteiger partial charge >= 0.3 is 5.97 Å². The van der Waals surface area contributed by atoms with Gasteiger partial charge in [-0.15, -0.1) is 0 Å². The van der Waals surface area contributed by atoms with Crippen LogP contribution in [0.5, 0.6) is 0 Å². The summed E-state index contributed by atoms with van der Waals surface area (Å²) in [5.74, 6) is -1.84. The summed E-state index contributed by atoms with van der Waals surface area (Å²) in [6.07, 6.45) is 0.188. The Morgan fingerprint density at radius 1 is 1.00 bits per heavy atom. The highest BCUT2D eigenvalue weighted by molar-refractivity contribution is 7.91. The Morgan fingerprint density at radius 2 is 1.69 bits per heavy atom. The molecule has 1 aliphatic heterocycles. The van der Waals surface area contributed by atoms with Crippen LogP contribution in [-0.2, 0) is 19.4 Å². The topological polar surface area (TPSA) is 110 Å². The molecule has 0 saturated heterocycles. The number of para-hydroxylation sites is 1. The van der Waals surface area contributed by atoms with Crippen molar-refractivity contribution < 1.29 is 27.5 Å². The van der Waals surface area contributed by atoms with Crippen molar-refractivity contribution in [3.63, 3.8) is 0 Å². The summed E-state index contributed by atoms with van der Waals surface area (Å²) in [4.78, 5) is 40.4. The number of carbonyl (C=O) groups is 3. The number of nitrogens with zero attached hydrogens (tertiary/aromatic N) is 1. The third kappa shape index (κ3) is 4.19. The van der Waals surface area contributed by atoms with Gasteiger partial charge in [-0.2, -0.15) is 0 Å². The van der Waals surface area contributed by atoms with Crippen molar-refractivity contribution in [1.29, 1.82) is 0 Å². The van der Waals surface area contributed by atoms with E-state index >= 15 is 0 Å². The second-order valence-electron chi connectivity index (χ2n) is 8.08. The first kappa shape index (κ1) is 24.2. The molecule has 0 bridgehead atoms. The third-order valence-corrected chi connectivity index (χ3v) is 7.82. The molecule has 1 aliphatic rings. The highest BCUT2D eigenvalue weighted by Crippen LogP contribution is 2.39. The standard InChI is InChI=1S/C26H24N2O6S/c1-4-20(24(29)27-19-11-7-5-9-16(19)2)28-21-15-17(26(31)34-3)13-14-23(21)35(32,33)22-12-8-6-10-18(22)25(28)30/h5-15,20H,4H2,1-3H3,(H,27,29)/t20-/m0/s1. The van der Waals surface area contributed by atoms with Crippen LogP contribution in [0.4, 0.5) is 11.4 Å². The summed E-state index contributed by atoms with van der Waals surface area (Å²) in [6, 6.07) is 15.9. The van der Waals surface area contributed by atoms with Crippen LogP contribution in [0.3, 0.4) is 0 Å². The molecule has 1 atom stereocenters. The fourth-order valence-corrected chi connectivity index (χ4v) is 5.76. The van der Waals surface area contributed by atoms with E-state index in [2.05, 4.69) is 5.32 Å². The van der Waals surface area contributed by atoms with Gasteiger partial charge < -0.3 is 10.1 Å². The first-order chi connectivity index (χ1) is 16.7. The van der Waals surface area contributed by atoms with Gasteiger partial charge in [-0.05, 0) is 55.3 Å². The number of carbonyl (C=O) groups excluding carboxylic acids is 3. The molecule has 0 saturated carbocycles. The number of nitrogens with one attached hydrogen (secondary N) is 1. The molecule has 3 aromatic rings. The van der Waals surface area contributed by atoms with Crippen molar-refractivity contribution >= 4 is 39.0 Å². The van der Waals surface area contributed by atoms with Gasteiger partial charge in [-0.25, -0.2) is 13.2 Å². The summed E-state index contributed by atoms with van der Waals surface area (Å²) in [6.45, 7) is 3.57. The molecule has 0 unspecified atom stereocenters. The molecular weight excluding hydrogens is 468 g/mol. The van der Waals surface area contributed by atoms with Gasteiger partial charge in [0.15, 0.2) is 0 Å². The molecule has 3 aromatic carbocycles. The SMILES string of the molecule is CC[C@@H](C(=O)Nc1ccccc1C)N1C(=O)c2ccccc2S(=O)(=O)c2ccc(C(=O)OC)cc21. The molecule has 2 amide bonds. The molecule has 1 N–H and O–H groups in total. The minimum atomic E-state index is -4.13. The van der Waals surface area contributed by atoms with Gasteiger partial charge in [0.05, 0.1) is 33.7 Å². The fraction of sp³-hybridized carbons (Fsp3) is 0.192. The van der Waals surface area contributed by atoms with Crippen LogP contribution in [0, 0.1) is 6.92 Å². The summed E-state index contributed by atoms with van der Waals surface area (Å²) in [5, 5.41) is 2.85. The van der Waals surface area contributed by atoms with Crippen LogP contribution in [0.25, 0.3) is 0 Å². The van der Waals surface area contributed by atoms with Crippen molar-refractivity contribution in [3.8, 4) is 0 Å². The first-order valence-corrected chi connectivity index (χ1v) is 12.5. The Hall–Kier alpha value is -3.98. The fourth-order valence-electron chi connectivity index (χ4n) is 4.14. The molecular formula is C26H24N2O6S. The van der Waals surface area contributed by atoms with Crippen LogP contribution in [0.15, 0.2) is 76.5 Å². The number of benzene rings is 3. The molecule has 180 valence electrons. The van der Waals surface area contributed by atoms with Crippen molar-refractivity contribution in [2.24, 2.45) is 0 Å². The van der Waals surface area contributed by atoms with E-state index in [1.165, 1.54) is 48.4 Å². The van der Waals surface area contributed by atoms with Crippen molar-refractivity contribution in [2.45, 2.75) is 36.1 Å². The number of ether oxygens (including phenoxy) is 1. The Labute approximate surface area is 203 Å². The molecule has 0 aliphatic carbocycles. The van der Waals surface area contributed by atoms with Crippen LogP contribution in [-0.4, -0.2) is 39.4 Å². The van der Waals surface area contributed by atoms with Crippen LogP contribution in [0.2, 0.25) is 0 Å². The zero-order valence-corrected chi connectivity index (χ0v) is 20.3. The number of rotatable bonds is 5. The Kier molecular flexibility index (Phi) is 6.45. The molecule has 9 heteroatoms. The van der Waals surface area contributed by atoms with E-state index in [-0.39, 0.29) is 33.0 Å². The Balaban J connectivity index is 1.93. The van der Waals surface area contributed by atoms with Gasteiger partial charge in [0.2, 0.25) is 15.7 Å². The quantitative estimate of drug-likeness (QED) is 0.540. The number of amides is 2. The molecule has 35 heavy (non-hydrogen) atoms. The lowest BCUT2D eigenvalue weighted by atomic mass is 10.1. The molecule has 0 spiro atoms. The molecule has 1 heterocycles. The molecule has 0 radical (unpaired) electrons. The lowest BCUT2D eigenvalue weighted by molar-refractivity contribution is -0.117. The smallest absolute Gasteiger partial charge is 0.337 e. The van der Waals surface area contributed by atoms with E-state index in [0.29, 0.717) is 5.69 Å². The van der Waals surface area contributed by atoms with E-state index < -0.39 is 33.7 Å². The minimum absolute atomic E-state index is 0.0505. The predicted molar refractivity (Wildman–Crippen MR) is 130 cm³/mol. The summed E-state index contributed by atoms with van der Waals surface area (Å²) in [7, 11) is -2.93. The zero-order chi connectivity index (χ0) is 25.3. The number of hydrogen-bond acceptors (Lipinski definition) is 6. The molecule has 4 rings (SSSR count). The van der Waals surface area contributed by atoms with Crippen LogP contribution < -0.4 is 10.2 Å². The average Bonchev–Trinajstić information content (AvgIpc) is 2.93. The molecule has 8 nitrogen and oxygen atoms in total. The van der Waals surface area contributed by atoms with Gasteiger partial charge in [0.1, 0.15) is 6.04 Å². The largest absolute Gasteiger partial charge is 0.465 e. The number of hydrogen-bond donors (Lipinski definition) is 1. The Morgan fingerprint density at radius 3 is 2.37 bits per heavy atom. The molecule has 0 aromatic heterocycles. The minimum Gasteiger partial charge on any atom is -0.465 e. The highest BCUT2D eigenvalue weighted by Gasteiger charge is 2.40. The predicted octanol–water partition coefficient (Wildman–Crippen LogP) is 3.99. The molecule has 0 fully saturated rings. The normalized spacial score (nSPS) is 14.8. The van der Waals surface area contributed by atoms with Crippen molar-refractivity contribution in [2.75, 3.05) is 17.3 Å². The van der Waals surface area contributed by atoms with E-state index in [0.717, 1.165) is 5.56 Å². The van der Waals surface area contributed by atoms with Gasteiger partial charge in [0.25, 0.3) is 5.91 Å². The monoisotopic (exact) mass is 492 g/mol. The summed E-state index contributed by atoms with van der Waals surface area (Å²) < 4.78 is 31.9. The number of fused-ring (bicyclic) bond motifs is 2. The van der Waals surface area contributed by atoms with Gasteiger partial charge in [0, 0.05) is 5.69 Å². The number of sulfone groups is 1. The third-order valence-electron chi connectivity index (χ3n) is 5.96. The Bertz CT molecular complexity index is 1450. The number of anilines is 2. The van der Waals surface area contributed by atoms with Crippen LogP contribution >= 0.6 is 0 Å². The maximum Gasteiger partial charge on any atom is 0.337 e. The van der Waals surface area contributed by atoms with E-state index in [1.807, 2.05) is 19.1 Å². The number of esters is 1. The van der Waals surface area contributed by atoms with Crippen molar-refractivity contribution in [1.82, 2.24) is 0 Å². The zero-order valence-electron chi connectivity index (χ0n) is 19.4. The summed E-state index contributed by atoms with van der Waals surface area (Å²) >= 11 is 0. The average molecular weight is 493 g/mol. The van der Waals surface area contributed by atoms with E-state index in [1.54, 1.807) is 25.1 Å². The lowest BCUT2D eigenvalue weighted by Gasteiger charge is -2.30. The number of aryl methyl sites for hydroxylation is 1. The summed E-state index contributed by atoms with van der Waals surface area (Å²) in [5.41, 5.74) is 1.36. The maximum atomic E-state index is 13.8. The highest BCUT2D eigenvalue weighted by atomic mass is 32.2. The van der Waals surface area contributed by atoms with E-state index in [9.17, 15) is 22.8 Å². The van der Waals surface area contributed by atoms with Crippen molar-refractivity contribution in [3.05, 3.63) is 83.4 Å². The van der Waals surface area contributed by atoms with Gasteiger partial charge in [-0.3, -0.25) is 14.5 Å². The first-order valence-electron chi connectivity index (χ1n) is 11.0. The van der Waals surface area contributed by atoms with E-state index in [4.69, 9.17) is 4.74 Å². The number of methoxy groups -OCH3 is 1. The van der Waals surface area contributed by atoms with Crippen LogP contribution in [0.1, 0.15) is 39.6 Å². The van der Waals surface area contributed by atoms with Gasteiger partial charge in [-0.1, -0.05) is 37.3 Å². The second kappa shape index (κ2) is 9.34. The maximum absolute atomic E-state index is 13.8. The lowest BCUT2D eigenvalue weighted by Crippen LogP contribution is -2.47.